The molecule has 0 aliphatic rings. The second-order valence-corrected chi connectivity index (χ2v) is 2.46. The molecule has 0 aliphatic carbocycles. The molecule has 0 bridgehead atoms. The van der Waals surface area contributed by atoms with Crippen LogP contribution in [0, 0.1) is 0 Å². The summed E-state index contributed by atoms with van der Waals surface area (Å²) in [6.07, 6.45) is 1.50. The van der Waals surface area contributed by atoms with Crippen LogP contribution in [-0.2, 0) is 9.53 Å². The molecule has 1 amide bonds. The number of hydrogen-bond acceptors (Lipinski definition) is 4. The third-order valence-electron chi connectivity index (χ3n) is 1.60. The van der Waals surface area contributed by atoms with Gasteiger partial charge in [0, 0.05) is 7.11 Å². The fraction of sp³-hybridized carbons (Fsp3) is 0.571. The Labute approximate surface area is 75.7 Å². The van der Waals surface area contributed by atoms with Crippen molar-refractivity contribution in [1.82, 2.24) is 15.2 Å². The number of hydrogen-bond donors (Lipinski definition) is 2. The van der Waals surface area contributed by atoms with Crippen molar-refractivity contribution in [3.8, 4) is 0 Å². The van der Waals surface area contributed by atoms with E-state index in [0.29, 0.717) is 12.4 Å². The third kappa shape index (κ3) is 2.51. The molecule has 0 aliphatic heterocycles. The van der Waals surface area contributed by atoms with Gasteiger partial charge in [-0.25, -0.2) is 5.10 Å². The molecule has 0 spiro atoms. The maximum absolute atomic E-state index is 11.3. The van der Waals surface area contributed by atoms with Gasteiger partial charge in [0.2, 0.25) is 5.95 Å². The van der Waals surface area contributed by atoms with Crippen LogP contribution in [0.4, 0.5) is 5.95 Å². The van der Waals surface area contributed by atoms with Gasteiger partial charge >= 0.3 is 0 Å². The molecule has 1 heterocycles. The Balaban J connectivity index is 2.49. The summed E-state index contributed by atoms with van der Waals surface area (Å²) in [5, 5.41) is 8.65. The van der Waals surface area contributed by atoms with Crippen molar-refractivity contribution < 1.29 is 9.53 Å². The first-order valence-electron chi connectivity index (χ1n) is 3.97. The van der Waals surface area contributed by atoms with Gasteiger partial charge in [-0.05, 0) is 6.42 Å². The largest absolute Gasteiger partial charge is 0.372 e. The summed E-state index contributed by atoms with van der Waals surface area (Å²) in [6.45, 7) is 1.87. The number of aromatic nitrogens is 3. The molecule has 1 atom stereocenters. The molecule has 6 nitrogen and oxygen atoms in total. The van der Waals surface area contributed by atoms with Gasteiger partial charge in [-0.1, -0.05) is 6.92 Å². The van der Waals surface area contributed by atoms with E-state index in [9.17, 15) is 4.79 Å². The Hall–Kier alpha value is -1.43. The standard InChI is InChI=1S/C7H12N4O2/c1-3-5(13-2)6(12)10-7-8-4-9-11-7/h4-5H,3H2,1-2H3,(H2,8,9,10,11,12). The van der Waals surface area contributed by atoms with Crippen LogP contribution in [0.15, 0.2) is 6.33 Å². The van der Waals surface area contributed by atoms with Gasteiger partial charge in [-0.2, -0.15) is 10.1 Å². The summed E-state index contributed by atoms with van der Waals surface area (Å²) in [5.74, 6) is 0.113. The van der Waals surface area contributed by atoms with E-state index in [-0.39, 0.29) is 5.91 Å². The summed E-state index contributed by atoms with van der Waals surface area (Å²) in [7, 11) is 1.49. The van der Waals surface area contributed by atoms with Crippen LogP contribution in [0.3, 0.4) is 0 Å². The topological polar surface area (TPSA) is 79.9 Å². The number of H-pyrrole nitrogens is 1. The van der Waals surface area contributed by atoms with Crippen molar-refractivity contribution in [2.24, 2.45) is 0 Å². The number of ether oxygens (including phenoxy) is 1. The molecule has 0 saturated heterocycles. The monoisotopic (exact) mass is 184 g/mol. The smallest absolute Gasteiger partial charge is 0.255 e. The van der Waals surface area contributed by atoms with E-state index in [2.05, 4.69) is 20.5 Å². The summed E-state index contributed by atoms with van der Waals surface area (Å²) >= 11 is 0. The first-order valence-corrected chi connectivity index (χ1v) is 3.97. The van der Waals surface area contributed by atoms with Crippen molar-refractivity contribution in [3.05, 3.63) is 6.33 Å². The minimum absolute atomic E-state index is 0.221. The number of carbonyl (C=O) groups excluding carboxylic acids is 1. The number of rotatable bonds is 4. The number of anilines is 1. The molecule has 2 N–H and O–H groups in total. The van der Waals surface area contributed by atoms with E-state index >= 15 is 0 Å². The van der Waals surface area contributed by atoms with Crippen LogP contribution in [-0.4, -0.2) is 34.3 Å². The zero-order valence-corrected chi connectivity index (χ0v) is 7.57. The molecular formula is C7H12N4O2. The first kappa shape index (κ1) is 9.66. The minimum Gasteiger partial charge on any atom is -0.372 e. The number of carbonyl (C=O) groups is 1. The van der Waals surface area contributed by atoms with Gasteiger partial charge in [0.25, 0.3) is 5.91 Å². The Kier molecular flexibility index (Phi) is 3.39. The first-order chi connectivity index (χ1) is 6.27. The maximum Gasteiger partial charge on any atom is 0.255 e. The summed E-state index contributed by atoms with van der Waals surface area (Å²) in [5.41, 5.74) is 0. The van der Waals surface area contributed by atoms with E-state index in [1.54, 1.807) is 0 Å². The quantitative estimate of drug-likeness (QED) is 0.699. The highest BCUT2D eigenvalue weighted by atomic mass is 16.5. The molecule has 6 heteroatoms. The fourth-order valence-corrected chi connectivity index (χ4v) is 0.922. The molecule has 1 aromatic heterocycles. The molecule has 13 heavy (non-hydrogen) atoms. The van der Waals surface area contributed by atoms with Gasteiger partial charge in [0.15, 0.2) is 0 Å². The SMILES string of the molecule is CCC(OC)C(=O)Nc1ncn[nH]1. The van der Waals surface area contributed by atoms with Crippen molar-refractivity contribution in [1.29, 1.82) is 0 Å². The zero-order chi connectivity index (χ0) is 9.68. The van der Waals surface area contributed by atoms with Gasteiger partial charge in [-0.3, -0.25) is 10.1 Å². The number of aromatic amines is 1. The lowest BCUT2D eigenvalue weighted by atomic mass is 10.2. The molecule has 1 aromatic rings. The number of nitrogens with zero attached hydrogens (tertiary/aromatic N) is 2. The predicted molar refractivity (Wildman–Crippen MR) is 46.1 cm³/mol. The van der Waals surface area contributed by atoms with E-state index in [1.807, 2.05) is 6.92 Å². The highest BCUT2D eigenvalue weighted by molar-refractivity contribution is 5.92. The van der Waals surface area contributed by atoms with Gasteiger partial charge in [-0.15, -0.1) is 0 Å². The molecule has 0 fully saturated rings. The van der Waals surface area contributed by atoms with E-state index in [1.165, 1.54) is 13.4 Å². The van der Waals surface area contributed by atoms with Crippen molar-refractivity contribution in [2.75, 3.05) is 12.4 Å². The van der Waals surface area contributed by atoms with Crippen LogP contribution in [0.1, 0.15) is 13.3 Å². The normalized spacial score (nSPS) is 12.5. The van der Waals surface area contributed by atoms with E-state index in [0.717, 1.165) is 0 Å². The fourth-order valence-electron chi connectivity index (χ4n) is 0.922. The summed E-state index contributed by atoms with van der Waals surface area (Å²) in [6, 6.07) is 0. The maximum atomic E-state index is 11.3. The second kappa shape index (κ2) is 4.56. The van der Waals surface area contributed by atoms with Gasteiger partial charge < -0.3 is 4.74 Å². The van der Waals surface area contributed by atoms with Crippen molar-refractivity contribution >= 4 is 11.9 Å². The molecule has 72 valence electrons. The molecule has 0 saturated carbocycles. The highest BCUT2D eigenvalue weighted by Gasteiger charge is 2.15. The Bertz CT molecular complexity index is 255. The zero-order valence-electron chi connectivity index (χ0n) is 7.57. The highest BCUT2D eigenvalue weighted by Crippen LogP contribution is 2.00. The molecule has 1 rings (SSSR count). The van der Waals surface area contributed by atoms with Crippen molar-refractivity contribution in [2.45, 2.75) is 19.4 Å². The Morgan fingerprint density at radius 2 is 2.62 bits per heavy atom. The van der Waals surface area contributed by atoms with Gasteiger partial charge in [0.05, 0.1) is 0 Å². The van der Waals surface area contributed by atoms with E-state index in [4.69, 9.17) is 4.74 Å². The average Bonchev–Trinajstić information content (AvgIpc) is 2.59. The van der Waals surface area contributed by atoms with Crippen LogP contribution < -0.4 is 5.32 Å². The van der Waals surface area contributed by atoms with Crippen LogP contribution in [0.25, 0.3) is 0 Å². The van der Waals surface area contributed by atoms with Crippen LogP contribution >= 0.6 is 0 Å². The number of methoxy groups -OCH3 is 1. The van der Waals surface area contributed by atoms with Crippen LogP contribution in [0.5, 0.6) is 0 Å². The molecule has 0 radical (unpaired) electrons. The van der Waals surface area contributed by atoms with Crippen LogP contribution in [0.2, 0.25) is 0 Å². The Morgan fingerprint density at radius 3 is 3.08 bits per heavy atom. The second-order valence-electron chi connectivity index (χ2n) is 2.46. The number of nitrogens with one attached hydrogen (secondary N) is 2. The summed E-state index contributed by atoms with van der Waals surface area (Å²) < 4.78 is 4.94. The van der Waals surface area contributed by atoms with Gasteiger partial charge in [0.1, 0.15) is 12.4 Å². The van der Waals surface area contributed by atoms with E-state index < -0.39 is 6.10 Å². The summed E-state index contributed by atoms with van der Waals surface area (Å²) in [4.78, 5) is 15.1. The number of amides is 1. The van der Waals surface area contributed by atoms with Crippen molar-refractivity contribution in [3.63, 3.8) is 0 Å². The minimum atomic E-state index is -0.440. The molecular weight excluding hydrogens is 172 g/mol. The lowest BCUT2D eigenvalue weighted by Gasteiger charge is -2.10. The third-order valence-corrected chi connectivity index (χ3v) is 1.60. The Morgan fingerprint density at radius 1 is 1.85 bits per heavy atom. The lowest BCUT2D eigenvalue weighted by Crippen LogP contribution is -2.29. The average molecular weight is 184 g/mol. The predicted octanol–water partition coefficient (Wildman–Crippen LogP) is 0.168. The lowest BCUT2D eigenvalue weighted by molar-refractivity contribution is -0.125. The molecule has 0 aromatic carbocycles. The molecule has 1 unspecified atom stereocenters.